The first kappa shape index (κ1) is 15.9. The summed E-state index contributed by atoms with van der Waals surface area (Å²) in [7, 11) is 0. The largest absolute Gasteiger partial charge is 0.225 e. The van der Waals surface area contributed by atoms with Gasteiger partial charge in [-0.05, 0) is 70.2 Å². The van der Waals surface area contributed by atoms with Crippen molar-refractivity contribution in [1.82, 2.24) is 0 Å². The molecule has 1 aromatic carbocycles. The molecule has 1 aromatic rings. The maximum atomic E-state index is 5.98. The topological polar surface area (TPSA) is 12.4 Å². The van der Waals surface area contributed by atoms with Gasteiger partial charge in [0.25, 0.3) is 0 Å². The molecular weight excluding hydrogens is 285 g/mol. The quantitative estimate of drug-likeness (QED) is 0.503. The Bertz CT molecular complexity index is 436. The van der Waals surface area contributed by atoms with Gasteiger partial charge in [-0.1, -0.05) is 29.3 Å². The maximum absolute atomic E-state index is 5.98. The van der Waals surface area contributed by atoms with E-state index in [1.807, 2.05) is 18.2 Å². The van der Waals surface area contributed by atoms with Crippen LogP contribution in [0.1, 0.15) is 39.7 Å². The summed E-state index contributed by atoms with van der Waals surface area (Å²) in [6.45, 7) is 8.55. The van der Waals surface area contributed by atoms with E-state index in [4.69, 9.17) is 23.2 Å². The van der Waals surface area contributed by atoms with Crippen LogP contribution in [0.25, 0.3) is 0 Å². The molecule has 18 heavy (non-hydrogen) atoms. The minimum Gasteiger partial charge on any atom is -0.225 e. The lowest BCUT2D eigenvalue weighted by Crippen LogP contribution is -2.06. The monoisotopic (exact) mass is 303 g/mol. The van der Waals surface area contributed by atoms with Crippen molar-refractivity contribution in [3.63, 3.8) is 0 Å². The van der Waals surface area contributed by atoms with Crippen molar-refractivity contribution in [3.8, 4) is 0 Å². The molecule has 0 saturated heterocycles. The zero-order valence-corrected chi connectivity index (χ0v) is 13.6. The molecule has 0 spiro atoms. The normalized spacial score (nSPS) is 12.9. The van der Waals surface area contributed by atoms with Crippen LogP contribution in [0.2, 0.25) is 10.0 Å². The van der Waals surface area contributed by atoms with E-state index in [9.17, 15) is 0 Å². The Morgan fingerprint density at radius 1 is 1.22 bits per heavy atom. The molecule has 0 bridgehead atoms. The molecular formula is C14H19Cl2NS. The lowest BCUT2D eigenvalue weighted by Gasteiger charge is -2.13. The molecule has 1 nitrogen and oxygen atoms in total. The molecule has 1 rings (SSSR count). The van der Waals surface area contributed by atoms with E-state index in [1.165, 1.54) is 5.56 Å². The molecule has 0 aliphatic rings. The highest BCUT2D eigenvalue weighted by molar-refractivity contribution is 7.99. The van der Waals surface area contributed by atoms with Gasteiger partial charge in [-0.15, -0.1) is 0 Å². The summed E-state index contributed by atoms with van der Waals surface area (Å²) in [6.07, 6.45) is 1.89. The summed E-state index contributed by atoms with van der Waals surface area (Å²) in [4.78, 5) is 0. The average Bonchev–Trinajstić information content (AvgIpc) is 2.27. The summed E-state index contributed by atoms with van der Waals surface area (Å²) in [6, 6.07) is 5.78. The summed E-state index contributed by atoms with van der Waals surface area (Å²) < 4.78 is 4.70. The van der Waals surface area contributed by atoms with Crippen LogP contribution in [0.4, 0.5) is 0 Å². The predicted octanol–water partition coefficient (Wildman–Crippen LogP) is 5.83. The van der Waals surface area contributed by atoms with Gasteiger partial charge >= 0.3 is 0 Å². The Hall–Kier alpha value is -0.180. The molecule has 0 saturated carbocycles. The van der Waals surface area contributed by atoms with Crippen molar-refractivity contribution in [1.29, 1.82) is 0 Å². The van der Waals surface area contributed by atoms with E-state index in [2.05, 4.69) is 32.1 Å². The second-order valence-corrected chi connectivity index (χ2v) is 7.68. The highest BCUT2D eigenvalue weighted by Gasteiger charge is 2.10. The number of hydrogen-bond donors (Lipinski definition) is 0. The third kappa shape index (κ3) is 6.12. The first-order chi connectivity index (χ1) is 8.28. The number of hydrogen-bond acceptors (Lipinski definition) is 2. The second kappa shape index (κ2) is 6.83. The predicted molar refractivity (Wildman–Crippen MR) is 85.2 cm³/mol. The van der Waals surface area contributed by atoms with Crippen LogP contribution < -0.4 is 0 Å². The van der Waals surface area contributed by atoms with Gasteiger partial charge in [0, 0.05) is 10.5 Å². The molecule has 0 N–H and O–H groups in total. The number of benzene rings is 1. The third-order valence-corrected chi connectivity index (χ3v) is 3.92. The van der Waals surface area contributed by atoms with Crippen LogP contribution in [-0.2, 0) is 6.42 Å². The molecule has 0 unspecified atom stereocenters. The Balaban J connectivity index is 2.52. The van der Waals surface area contributed by atoms with Gasteiger partial charge in [-0.2, -0.15) is 0 Å². The molecule has 0 heterocycles. The zero-order chi connectivity index (χ0) is 13.8. The fourth-order valence-electron chi connectivity index (χ4n) is 1.28. The average molecular weight is 304 g/mol. The number of halogens is 2. The SMILES string of the molecule is CC(CCc1ccc(Cl)c(Cl)c1)=NSC(C)(C)C. The molecule has 0 aromatic heterocycles. The van der Waals surface area contributed by atoms with Crippen molar-refractivity contribution < 1.29 is 0 Å². The van der Waals surface area contributed by atoms with Gasteiger partial charge in [-0.25, -0.2) is 4.40 Å². The first-order valence-corrected chi connectivity index (χ1v) is 7.46. The lowest BCUT2D eigenvalue weighted by molar-refractivity contribution is 0.804. The van der Waals surface area contributed by atoms with E-state index in [0.717, 1.165) is 18.6 Å². The van der Waals surface area contributed by atoms with Crippen molar-refractivity contribution in [2.45, 2.75) is 45.3 Å². The van der Waals surface area contributed by atoms with Crippen LogP contribution >= 0.6 is 35.1 Å². The molecule has 0 aliphatic carbocycles. The minimum absolute atomic E-state index is 0.171. The van der Waals surface area contributed by atoms with Crippen LogP contribution in [-0.4, -0.2) is 10.5 Å². The Kier molecular flexibility index (Phi) is 6.03. The van der Waals surface area contributed by atoms with Gasteiger partial charge in [0.15, 0.2) is 0 Å². The van der Waals surface area contributed by atoms with E-state index >= 15 is 0 Å². The van der Waals surface area contributed by atoms with Gasteiger partial charge in [0.2, 0.25) is 0 Å². The van der Waals surface area contributed by atoms with Crippen molar-refractivity contribution in [2.75, 3.05) is 0 Å². The van der Waals surface area contributed by atoms with Crippen LogP contribution in [0.5, 0.6) is 0 Å². The van der Waals surface area contributed by atoms with Gasteiger partial charge < -0.3 is 0 Å². The van der Waals surface area contributed by atoms with E-state index < -0.39 is 0 Å². The third-order valence-electron chi connectivity index (χ3n) is 2.23. The summed E-state index contributed by atoms with van der Waals surface area (Å²) in [5.41, 5.74) is 2.35. The first-order valence-electron chi connectivity index (χ1n) is 5.93. The lowest BCUT2D eigenvalue weighted by atomic mass is 10.1. The standard InChI is InChI=1S/C14H19Cl2NS/c1-10(17-18-14(2,3)4)5-6-11-7-8-12(15)13(16)9-11/h7-9H,5-6H2,1-4H3. The van der Waals surface area contributed by atoms with Crippen molar-refractivity contribution in [3.05, 3.63) is 33.8 Å². The highest BCUT2D eigenvalue weighted by Crippen LogP contribution is 2.25. The smallest absolute Gasteiger partial charge is 0.0595 e. The number of rotatable bonds is 4. The highest BCUT2D eigenvalue weighted by atomic mass is 35.5. The number of nitrogens with zero attached hydrogens (tertiary/aromatic N) is 1. The van der Waals surface area contributed by atoms with Gasteiger partial charge in [-0.3, -0.25) is 0 Å². The van der Waals surface area contributed by atoms with E-state index in [1.54, 1.807) is 11.9 Å². The second-order valence-electron chi connectivity index (χ2n) is 5.28. The van der Waals surface area contributed by atoms with Crippen molar-refractivity contribution >= 4 is 40.9 Å². The maximum Gasteiger partial charge on any atom is 0.0595 e. The summed E-state index contributed by atoms with van der Waals surface area (Å²) >= 11 is 13.5. The van der Waals surface area contributed by atoms with E-state index in [-0.39, 0.29) is 4.75 Å². The van der Waals surface area contributed by atoms with Gasteiger partial charge in [0.05, 0.1) is 10.0 Å². The van der Waals surface area contributed by atoms with Gasteiger partial charge in [0.1, 0.15) is 0 Å². The Labute approximate surface area is 124 Å². The fraction of sp³-hybridized carbons (Fsp3) is 0.500. The molecule has 4 heteroatoms. The van der Waals surface area contributed by atoms with Crippen LogP contribution in [0.3, 0.4) is 0 Å². The zero-order valence-electron chi connectivity index (χ0n) is 11.3. The van der Waals surface area contributed by atoms with Crippen molar-refractivity contribution in [2.24, 2.45) is 4.40 Å². The molecule has 0 aliphatic heterocycles. The van der Waals surface area contributed by atoms with E-state index in [0.29, 0.717) is 10.0 Å². The molecule has 100 valence electrons. The summed E-state index contributed by atoms with van der Waals surface area (Å²) in [5.74, 6) is 0. The Morgan fingerprint density at radius 3 is 2.44 bits per heavy atom. The summed E-state index contributed by atoms with van der Waals surface area (Å²) in [5, 5.41) is 1.22. The molecule has 0 atom stereocenters. The molecule has 0 fully saturated rings. The number of aryl methyl sites for hydroxylation is 1. The van der Waals surface area contributed by atoms with Crippen LogP contribution in [0, 0.1) is 0 Å². The molecule has 0 amide bonds. The van der Waals surface area contributed by atoms with Crippen LogP contribution in [0.15, 0.2) is 22.6 Å². The Morgan fingerprint density at radius 2 is 1.89 bits per heavy atom. The molecule has 0 radical (unpaired) electrons. The minimum atomic E-state index is 0.171. The fourth-order valence-corrected chi connectivity index (χ4v) is 2.12.